The SMILES string of the molecule is CC(C)C[C@H](NC(=O)[C@H](CCc1ccccc1)CC(=O)CN1CCOCC1)C(=O)C[C@@H](Cc1ccccc1)C(=O)OC(=O)c1ccccc1. The van der Waals surface area contributed by atoms with Gasteiger partial charge in [-0.2, -0.15) is 0 Å². The minimum Gasteiger partial charge on any atom is -0.389 e. The van der Waals surface area contributed by atoms with Gasteiger partial charge in [0.2, 0.25) is 5.91 Å². The fourth-order valence-electron chi connectivity index (χ4n) is 6.02. The molecule has 4 rings (SSSR count). The summed E-state index contributed by atoms with van der Waals surface area (Å²) in [6.07, 6.45) is 1.42. The molecule has 3 aromatic rings. The zero-order valence-corrected chi connectivity index (χ0v) is 28.6. The van der Waals surface area contributed by atoms with Crippen molar-refractivity contribution >= 4 is 29.4 Å². The van der Waals surface area contributed by atoms with Crippen LogP contribution in [0.15, 0.2) is 91.0 Å². The molecule has 1 fully saturated rings. The quantitative estimate of drug-likeness (QED) is 0.144. The average Bonchev–Trinajstić information content (AvgIpc) is 3.10. The number of nitrogens with zero attached hydrogens (tertiary/aromatic N) is 1. The van der Waals surface area contributed by atoms with E-state index in [0.717, 1.165) is 11.1 Å². The van der Waals surface area contributed by atoms with Crippen LogP contribution in [-0.2, 0) is 41.5 Å². The lowest BCUT2D eigenvalue weighted by atomic mass is 9.88. The number of carbonyl (C=O) groups excluding carboxylic acids is 5. The number of ketones is 2. The molecule has 0 saturated carbocycles. The van der Waals surface area contributed by atoms with Crippen LogP contribution in [-0.4, -0.2) is 73.2 Å². The van der Waals surface area contributed by atoms with Crippen molar-refractivity contribution < 1.29 is 33.4 Å². The Bertz CT molecular complexity index is 1510. The molecular weight excluding hydrogens is 620 g/mol. The number of Topliss-reactive ketones (excluding diaryl/α,β-unsaturated/α-hetero) is 2. The molecule has 0 aromatic heterocycles. The standard InChI is InChI=1S/C40H48N2O7/c1-29(2)24-36(37(44)27-34(25-31-14-8-4-9-15-31)40(47)49-39(46)32-16-10-5-11-17-32)41-38(45)33(19-18-30-12-6-3-7-13-30)26-35(43)28-42-20-22-48-23-21-42/h3-17,29,33-34,36H,18-28H2,1-2H3,(H,41,45)/t33-,34-,36+/m1/s1. The molecule has 1 aliphatic heterocycles. The summed E-state index contributed by atoms with van der Waals surface area (Å²) >= 11 is 0. The van der Waals surface area contributed by atoms with Crippen LogP contribution in [0.25, 0.3) is 0 Å². The summed E-state index contributed by atoms with van der Waals surface area (Å²) in [6, 6.07) is 26.4. The van der Waals surface area contributed by atoms with E-state index in [-0.39, 0.29) is 54.8 Å². The predicted octanol–water partition coefficient (Wildman–Crippen LogP) is 5.26. The number of amides is 1. The molecule has 0 radical (unpaired) electrons. The predicted molar refractivity (Wildman–Crippen MR) is 187 cm³/mol. The second-order valence-corrected chi connectivity index (χ2v) is 13.2. The average molecular weight is 669 g/mol. The highest BCUT2D eigenvalue weighted by Crippen LogP contribution is 2.21. The second kappa shape index (κ2) is 19.5. The van der Waals surface area contributed by atoms with Gasteiger partial charge in [0.1, 0.15) is 5.78 Å². The Kier molecular flexibility index (Phi) is 14.9. The Morgan fingerprint density at radius 1 is 0.776 bits per heavy atom. The number of hydrogen-bond donors (Lipinski definition) is 1. The maximum absolute atomic E-state index is 14.0. The van der Waals surface area contributed by atoms with Crippen molar-refractivity contribution in [3.8, 4) is 0 Å². The van der Waals surface area contributed by atoms with Crippen molar-refractivity contribution in [3.05, 3.63) is 108 Å². The molecule has 3 aromatic carbocycles. The molecule has 260 valence electrons. The lowest BCUT2D eigenvalue weighted by Gasteiger charge is -2.27. The highest BCUT2D eigenvalue weighted by molar-refractivity contribution is 5.99. The van der Waals surface area contributed by atoms with E-state index in [1.165, 1.54) is 0 Å². The van der Waals surface area contributed by atoms with Gasteiger partial charge in [0.05, 0.1) is 37.3 Å². The van der Waals surface area contributed by atoms with E-state index < -0.39 is 29.8 Å². The Balaban J connectivity index is 1.49. The van der Waals surface area contributed by atoms with Crippen LogP contribution in [0.1, 0.15) is 61.0 Å². The van der Waals surface area contributed by atoms with Gasteiger partial charge in [-0.25, -0.2) is 4.79 Å². The summed E-state index contributed by atoms with van der Waals surface area (Å²) in [4.78, 5) is 69.3. The van der Waals surface area contributed by atoms with Gasteiger partial charge in [0.15, 0.2) is 5.78 Å². The molecule has 1 aliphatic rings. The third kappa shape index (κ3) is 12.8. The number of carbonyl (C=O) groups is 5. The number of rotatable bonds is 18. The van der Waals surface area contributed by atoms with Crippen molar-refractivity contribution in [2.45, 2.75) is 58.4 Å². The fourth-order valence-corrected chi connectivity index (χ4v) is 6.02. The normalized spacial score (nSPS) is 15.2. The maximum Gasteiger partial charge on any atom is 0.345 e. The van der Waals surface area contributed by atoms with Crippen LogP contribution < -0.4 is 5.32 Å². The number of esters is 2. The van der Waals surface area contributed by atoms with Gasteiger partial charge in [-0.1, -0.05) is 92.7 Å². The zero-order valence-electron chi connectivity index (χ0n) is 28.6. The monoisotopic (exact) mass is 668 g/mol. The molecule has 9 nitrogen and oxygen atoms in total. The topological polar surface area (TPSA) is 119 Å². The van der Waals surface area contributed by atoms with E-state index in [2.05, 4.69) is 5.32 Å². The molecule has 0 bridgehead atoms. The Morgan fingerprint density at radius 2 is 1.37 bits per heavy atom. The van der Waals surface area contributed by atoms with E-state index in [1.54, 1.807) is 30.3 Å². The van der Waals surface area contributed by atoms with Crippen molar-refractivity contribution in [1.29, 1.82) is 0 Å². The Hall–Kier alpha value is -4.47. The van der Waals surface area contributed by atoms with Crippen molar-refractivity contribution in [1.82, 2.24) is 10.2 Å². The van der Waals surface area contributed by atoms with Gasteiger partial charge < -0.3 is 14.8 Å². The lowest BCUT2D eigenvalue weighted by molar-refractivity contribution is -0.145. The second-order valence-electron chi connectivity index (χ2n) is 13.2. The number of ether oxygens (including phenoxy) is 2. The molecule has 0 spiro atoms. The first kappa shape index (κ1) is 37.4. The smallest absolute Gasteiger partial charge is 0.345 e. The molecule has 3 atom stereocenters. The van der Waals surface area contributed by atoms with E-state index in [0.29, 0.717) is 45.6 Å². The molecular formula is C40H48N2O7. The summed E-state index contributed by atoms with van der Waals surface area (Å²) in [6.45, 7) is 6.64. The molecule has 9 heteroatoms. The summed E-state index contributed by atoms with van der Waals surface area (Å²) in [5.74, 6) is -3.82. The largest absolute Gasteiger partial charge is 0.389 e. The first-order chi connectivity index (χ1) is 23.7. The van der Waals surface area contributed by atoms with Crippen LogP contribution in [0.4, 0.5) is 0 Å². The van der Waals surface area contributed by atoms with Crippen LogP contribution in [0.3, 0.4) is 0 Å². The summed E-state index contributed by atoms with van der Waals surface area (Å²) in [5.41, 5.74) is 2.10. The third-order valence-electron chi connectivity index (χ3n) is 8.69. The molecule has 1 amide bonds. The van der Waals surface area contributed by atoms with Crippen molar-refractivity contribution in [3.63, 3.8) is 0 Å². The number of morpholine rings is 1. The van der Waals surface area contributed by atoms with Gasteiger partial charge in [0.25, 0.3) is 0 Å². The molecule has 1 saturated heterocycles. The summed E-state index contributed by atoms with van der Waals surface area (Å²) < 4.78 is 10.7. The highest BCUT2D eigenvalue weighted by atomic mass is 16.6. The van der Waals surface area contributed by atoms with E-state index in [9.17, 15) is 24.0 Å². The molecule has 0 aliphatic carbocycles. The van der Waals surface area contributed by atoms with Crippen molar-refractivity contribution in [2.75, 3.05) is 32.8 Å². The Labute approximate surface area is 289 Å². The third-order valence-corrected chi connectivity index (χ3v) is 8.69. The molecule has 1 heterocycles. The molecule has 0 unspecified atom stereocenters. The van der Waals surface area contributed by atoms with Crippen LogP contribution in [0.2, 0.25) is 0 Å². The maximum atomic E-state index is 14.0. The first-order valence-corrected chi connectivity index (χ1v) is 17.2. The van der Waals surface area contributed by atoms with Crippen LogP contribution >= 0.6 is 0 Å². The lowest BCUT2D eigenvalue weighted by Crippen LogP contribution is -2.46. The Morgan fingerprint density at radius 3 is 1.98 bits per heavy atom. The van der Waals surface area contributed by atoms with E-state index in [4.69, 9.17) is 9.47 Å². The number of benzene rings is 3. The molecule has 1 N–H and O–H groups in total. The van der Waals surface area contributed by atoms with Crippen molar-refractivity contribution in [2.24, 2.45) is 17.8 Å². The number of aryl methyl sites for hydroxylation is 1. The first-order valence-electron chi connectivity index (χ1n) is 17.2. The fraction of sp³-hybridized carbons (Fsp3) is 0.425. The van der Waals surface area contributed by atoms with Gasteiger partial charge in [-0.05, 0) is 54.9 Å². The zero-order chi connectivity index (χ0) is 35.0. The van der Waals surface area contributed by atoms with Crippen LogP contribution in [0.5, 0.6) is 0 Å². The van der Waals surface area contributed by atoms with Gasteiger partial charge in [-0.15, -0.1) is 0 Å². The van der Waals surface area contributed by atoms with Gasteiger partial charge in [-0.3, -0.25) is 24.1 Å². The van der Waals surface area contributed by atoms with E-state index in [1.807, 2.05) is 79.4 Å². The van der Waals surface area contributed by atoms with Gasteiger partial charge >= 0.3 is 11.9 Å². The summed E-state index contributed by atoms with van der Waals surface area (Å²) in [7, 11) is 0. The van der Waals surface area contributed by atoms with Crippen LogP contribution in [0, 0.1) is 17.8 Å². The number of hydrogen-bond acceptors (Lipinski definition) is 8. The minimum absolute atomic E-state index is 0.0319. The molecule has 49 heavy (non-hydrogen) atoms. The summed E-state index contributed by atoms with van der Waals surface area (Å²) in [5, 5.41) is 2.97. The van der Waals surface area contributed by atoms with E-state index >= 15 is 0 Å². The highest BCUT2D eigenvalue weighted by Gasteiger charge is 2.32. The minimum atomic E-state index is -0.946. The van der Waals surface area contributed by atoms with Gasteiger partial charge in [0, 0.05) is 31.8 Å². The number of nitrogens with one attached hydrogen (secondary N) is 1.